The third-order valence-corrected chi connectivity index (χ3v) is 4.60. The lowest BCUT2D eigenvalue weighted by Crippen LogP contribution is -2.22. The molecule has 2 aromatic carbocycles. The fraction of sp³-hybridized carbons (Fsp3) is 0.368. The molecule has 21 heavy (non-hydrogen) atoms. The van der Waals surface area contributed by atoms with Crippen LogP contribution >= 0.6 is 0 Å². The van der Waals surface area contributed by atoms with Crippen molar-refractivity contribution in [3.8, 4) is 0 Å². The molecule has 3 rings (SSSR count). The van der Waals surface area contributed by atoms with Crippen LogP contribution in [0.15, 0.2) is 42.5 Å². The molecule has 110 valence electrons. The highest BCUT2D eigenvalue weighted by molar-refractivity contribution is 5.41. The van der Waals surface area contributed by atoms with Crippen LogP contribution in [-0.2, 0) is 0 Å². The Kier molecular flexibility index (Phi) is 4.07. The Morgan fingerprint density at radius 3 is 2.52 bits per heavy atom. The normalized spacial score (nSPS) is 16.5. The fourth-order valence-corrected chi connectivity index (χ4v) is 3.23. The molecule has 1 saturated carbocycles. The number of nitrogens with one attached hydrogen (secondary N) is 1. The van der Waals surface area contributed by atoms with E-state index in [1.54, 1.807) is 6.07 Å². The van der Waals surface area contributed by atoms with Gasteiger partial charge in [0.2, 0.25) is 0 Å². The van der Waals surface area contributed by atoms with E-state index < -0.39 is 0 Å². The maximum atomic E-state index is 14.3. The van der Waals surface area contributed by atoms with Gasteiger partial charge in [-0.05, 0) is 49.9 Å². The van der Waals surface area contributed by atoms with Gasteiger partial charge in [-0.2, -0.15) is 0 Å². The van der Waals surface area contributed by atoms with Crippen LogP contribution in [0.3, 0.4) is 0 Å². The Bertz CT molecular complexity index is 631. The number of hydrogen-bond acceptors (Lipinski definition) is 1. The lowest BCUT2D eigenvalue weighted by Gasteiger charge is -2.30. The standard InChI is InChI=1S/C19H22FN/c1-13-10-11-18(20)17(12-13)19(21-2)16-9-4-3-8-15(16)14-6-5-7-14/h3-4,8-12,14,19,21H,5-7H2,1-2H3. The minimum Gasteiger partial charge on any atom is -0.309 e. The van der Waals surface area contributed by atoms with Crippen molar-refractivity contribution in [3.63, 3.8) is 0 Å². The summed E-state index contributed by atoms with van der Waals surface area (Å²) < 4.78 is 14.3. The van der Waals surface area contributed by atoms with E-state index in [1.807, 2.05) is 26.1 Å². The maximum absolute atomic E-state index is 14.3. The Hall–Kier alpha value is -1.67. The van der Waals surface area contributed by atoms with Gasteiger partial charge in [-0.3, -0.25) is 0 Å². The van der Waals surface area contributed by atoms with Gasteiger partial charge in [-0.15, -0.1) is 0 Å². The SMILES string of the molecule is CNC(c1cc(C)ccc1F)c1ccccc1C1CCC1. The smallest absolute Gasteiger partial charge is 0.128 e. The van der Waals surface area contributed by atoms with E-state index in [4.69, 9.17) is 0 Å². The van der Waals surface area contributed by atoms with E-state index in [1.165, 1.54) is 30.4 Å². The zero-order valence-corrected chi connectivity index (χ0v) is 12.7. The average Bonchev–Trinajstić information content (AvgIpc) is 2.43. The summed E-state index contributed by atoms with van der Waals surface area (Å²) in [6.07, 6.45) is 3.82. The molecule has 0 radical (unpaired) electrons. The third kappa shape index (κ3) is 2.73. The van der Waals surface area contributed by atoms with Crippen molar-refractivity contribution in [3.05, 3.63) is 70.5 Å². The minimum absolute atomic E-state index is 0.0818. The Morgan fingerprint density at radius 2 is 1.86 bits per heavy atom. The number of aryl methyl sites for hydroxylation is 1. The predicted octanol–water partition coefficient (Wildman–Crippen LogP) is 4.71. The lowest BCUT2D eigenvalue weighted by molar-refractivity contribution is 0.414. The van der Waals surface area contributed by atoms with Crippen molar-refractivity contribution in [1.82, 2.24) is 5.32 Å². The van der Waals surface area contributed by atoms with Crippen LogP contribution in [0, 0.1) is 12.7 Å². The lowest BCUT2D eigenvalue weighted by atomic mass is 9.76. The Morgan fingerprint density at radius 1 is 1.10 bits per heavy atom. The van der Waals surface area contributed by atoms with Gasteiger partial charge in [0.15, 0.2) is 0 Å². The minimum atomic E-state index is -0.136. The molecule has 0 saturated heterocycles. The van der Waals surface area contributed by atoms with Crippen molar-refractivity contribution in [2.75, 3.05) is 7.05 Å². The summed E-state index contributed by atoms with van der Waals surface area (Å²) in [7, 11) is 1.91. The number of benzene rings is 2. The van der Waals surface area contributed by atoms with Crippen molar-refractivity contribution < 1.29 is 4.39 Å². The molecule has 0 bridgehead atoms. The number of rotatable bonds is 4. The molecule has 1 nitrogen and oxygen atoms in total. The first-order chi connectivity index (χ1) is 10.2. The summed E-state index contributed by atoms with van der Waals surface area (Å²) in [5, 5.41) is 3.31. The summed E-state index contributed by atoms with van der Waals surface area (Å²) in [5.41, 5.74) is 4.43. The topological polar surface area (TPSA) is 12.0 Å². The van der Waals surface area contributed by atoms with Gasteiger partial charge in [0.25, 0.3) is 0 Å². The highest BCUT2D eigenvalue weighted by atomic mass is 19.1. The molecule has 1 unspecified atom stereocenters. The molecule has 2 heteroatoms. The van der Waals surface area contributed by atoms with E-state index in [0.717, 1.165) is 11.1 Å². The maximum Gasteiger partial charge on any atom is 0.128 e. The van der Waals surface area contributed by atoms with Crippen molar-refractivity contribution >= 4 is 0 Å². The van der Waals surface area contributed by atoms with Gasteiger partial charge in [0, 0.05) is 5.56 Å². The zero-order chi connectivity index (χ0) is 14.8. The second kappa shape index (κ2) is 5.98. The van der Waals surface area contributed by atoms with Crippen molar-refractivity contribution in [2.24, 2.45) is 0 Å². The highest BCUT2D eigenvalue weighted by Crippen LogP contribution is 2.40. The zero-order valence-electron chi connectivity index (χ0n) is 12.7. The third-order valence-electron chi connectivity index (χ3n) is 4.60. The first-order valence-electron chi connectivity index (χ1n) is 7.73. The van der Waals surface area contributed by atoms with Crippen molar-refractivity contribution in [2.45, 2.75) is 38.1 Å². The van der Waals surface area contributed by atoms with Crippen molar-refractivity contribution in [1.29, 1.82) is 0 Å². The average molecular weight is 283 g/mol. The van der Waals surface area contributed by atoms with E-state index in [-0.39, 0.29) is 11.9 Å². The second-order valence-corrected chi connectivity index (χ2v) is 6.00. The highest BCUT2D eigenvalue weighted by Gasteiger charge is 2.26. The molecule has 0 amide bonds. The van der Waals surface area contributed by atoms with Gasteiger partial charge < -0.3 is 5.32 Å². The van der Waals surface area contributed by atoms with E-state index in [9.17, 15) is 4.39 Å². The first-order valence-corrected chi connectivity index (χ1v) is 7.73. The van der Waals surface area contributed by atoms with E-state index >= 15 is 0 Å². The van der Waals surface area contributed by atoms with Crippen LogP contribution in [-0.4, -0.2) is 7.05 Å². The molecule has 2 aromatic rings. The van der Waals surface area contributed by atoms with E-state index in [2.05, 4.69) is 29.6 Å². The summed E-state index contributed by atoms with van der Waals surface area (Å²) in [5.74, 6) is 0.508. The molecule has 1 aliphatic rings. The number of hydrogen-bond donors (Lipinski definition) is 1. The Balaban J connectivity index is 2.06. The molecule has 1 aliphatic carbocycles. The van der Waals surface area contributed by atoms with Crippen LogP contribution < -0.4 is 5.32 Å². The predicted molar refractivity (Wildman–Crippen MR) is 85.1 cm³/mol. The first kappa shape index (κ1) is 14.3. The molecule has 0 aromatic heterocycles. The summed E-state index contributed by atoms with van der Waals surface area (Å²) in [4.78, 5) is 0. The van der Waals surface area contributed by atoms with Crippen LogP contribution in [0.4, 0.5) is 4.39 Å². The van der Waals surface area contributed by atoms with Gasteiger partial charge in [0.1, 0.15) is 5.82 Å². The van der Waals surface area contributed by atoms with E-state index in [0.29, 0.717) is 5.92 Å². The monoisotopic (exact) mass is 283 g/mol. The summed E-state index contributed by atoms with van der Waals surface area (Å²) in [6.45, 7) is 2.01. The second-order valence-electron chi connectivity index (χ2n) is 6.00. The van der Waals surface area contributed by atoms with Gasteiger partial charge in [0.05, 0.1) is 6.04 Å². The molecule has 0 aliphatic heterocycles. The largest absolute Gasteiger partial charge is 0.309 e. The molecule has 1 atom stereocenters. The van der Waals surface area contributed by atoms with Gasteiger partial charge in [-0.25, -0.2) is 4.39 Å². The molecular formula is C19H22FN. The van der Waals surface area contributed by atoms with Crippen LogP contribution in [0.5, 0.6) is 0 Å². The van der Waals surface area contributed by atoms with Gasteiger partial charge >= 0.3 is 0 Å². The van der Waals surface area contributed by atoms with Gasteiger partial charge in [-0.1, -0.05) is 48.4 Å². The molecular weight excluding hydrogens is 261 g/mol. The van der Waals surface area contributed by atoms with Crippen LogP contribution in [0.1, 0.15) is 53.5 Å². The summed E-state index contributed by atoms with van der Waals surface area (Å²) in [6, 6.07) is 13.7. The number of halogens is 1. The van der Waals surface area contributed by atoms with Crippen LogP contribution in [0.25, 0.3) is 0 Å². The molecule has 0 spiro atoms. The fourth-order valence-electron chi connectivity index (χ4n) is 3.23. The molecule has 0 heterocycles. The quantitative estimate of drug-likeness (QED) is 0.857. The van der Waals surface area contributed by atoms with Crippen LogP contribution in [0.2, 0.25) is 0 Å². The molecule has 1 N–H and O–H groups in total. The summed E-state index contributed by atoms with van der Waals surface area (Å²) >= 11 is 0. The Labute approximate surface area is 126 Å². The molecule has 1 fully saturated rings.